The van der Waals surface area contributed by atoms with E-state index in [0.717, 1.165) is 180 Å². The quantitative estimate of drug-likeness (QED) is 0.0410. The molecule has 0 aliphatic heterocycles. The lowest BCUT2D eigenvalue weighted by molar-refractivity contribution is 0.413. The Morgan fingerprint density at radius 2 is 0.222 bits per heavy atom. The second kappa shape index (κ2) is 37.5. The first-order chi connectivity index (χ1) is 61.8. The van der Waals surface area contributed by atoms with Gasteiger partial charge in [0.15, 0.2) is 0 Å². The summed E-state index contributed by atoms with van der Waals surface area (Å²) in [6, 6.07) is 135. The van der Waals surface area contributed by atoms with Crippen LogP contribution in [0.2, 0.25) is 0 Å². The van der Waals surface area contributed by atoms with E-state index in [-0.39, 0.29) is 0 Å². The lowest BCUT2D eigenvalue weighted by atomic mass is 9.65. The predicted octanol–water partition coefficient (Wildman–Crippen LogP) is 23.5. The summed E-state index contributed by atoms with van der Waals surface area (Å²) in [5, 5.41) is 0. The maximum atomic E-state index is 6.16. The molecule has 0 fully saturated rings. The van der Waals surface area contributed by atoms with Crippen molar-refractivity contribution in [2.24, 2.45) is 0 Å². The van der Waals surface area contributed by atoms with E-state index in [1.165, 1.54) is 0 Å². The molecule has 0 saturated heterocycles. The molecule has 0 heterocycles. The highest BCUT2D eigenvalue weighted by Gasteiger charge is 2.43. The Labute approximate surface area is 739 Å². The van der Waals surface area contributed by atoms with E-state index >= 15 is 0 Å². The molecule has 0 aromatic heterocycles. The molecule has 9 nitrogen and oxygen atoms in total. The van der Waals surface area contributed by atoms with E-state index in [4.69, 9.17) is 49.1 Å². The third kappa shape index (κ3) is 16.3. The molecule has 0 spiro atoms. The Balaban J connectivity index is 0.782. The average molecular weight is 1640 g/mol. The van der Waals surface area contributed by atoms with Crippen molar-refractivity contribution in [3.05, 3.63) is 516 Å². The number of hydrogen-bond acceptors (Lipinski definition) is 9. The third-order valence-corrected chi connectivity index (χ3v) is 24.2. The molecular formula is C117H92O9. The van der Waals surface area contributed by atoms with Crippen molar-refractivity contribution in [1.29, 1.82) is 0 Å². The molecule has 126 heavy (non-hydrogen) atoms. The smallest absolute Gasteiger partial charge is 0.118 e. The van der Waals surface area contributed by atoms with Crippen molar-refractivity contribution in [3.63, 3.8) is 0 Å². The maximum absolute atomic E-state index is 6.16. The highest BCUT2D eigenvalue weighted by atomic mass is 16.5. The van der Waals surface area contributed by atoms with E-state index in [0.29, 0.717) is 0 Å². The van der Waals surface area contributed by atoms with E-state index in [1.807, 2.05) is 121 Å². The van der Waals surface area contributed by atoms with Crippen molar-refractivity contribution >= 4 is 0 Å². The van der Waals surface area contributed by atoms with Gasteiger partial charge in [0.2, 0.25) is 0 Å². The van der Waals surface area contributed by atoms with E-state index in [9.17, 15) is 0 Å². The van der Waals surface area contributed by atoms with Gasteiger partial charge in [-0.25, -0.2) is 0 Å². The van der Waals surface area contributed by atoms with Gasteiger partial charge in [0, 0.05) is 38.9 Å². The zero-order valence-corrected chi connectivity index (χ0v) is 71.7. The highest BCUT2D eigenvalue weighted by molar-refractivity contribution is 5.69. The van der Waals surface area contributed by atoms with E-state index in [1.54, 1.807) is 64.0 Å². The summed E-state index contributed by atoms with van der Waals surface area (Å²) in [6.45, 7) is 0. The average Bonchev–Trinajstić information content (AvgIpc) is 0.749. The van der Waals surface area contributed by atoms with Gasteiger partial charge in [-0.05, 0) is 283 Å². The monoisotopic (exact) mass is 1640 g/mol. The van der Waals surface area contributed by atoms with Crippen LogP contribution in [0.15, 0.2) is 388 Å². The zero-order valence-electron chi connectivity index (χ0n) is 71.7. The van der Waals surface area contributed by atoms with Gasteiger partial charge in [0.25, 0.3) is 0 Å². The van der Waals surface area contributed by atoms with Crippen molar-refractivity contribution in [1.82, 2.24) is 0 Å². The number of rotatable bonds is 25. The second-order valence-corrected chi connectivity index (χ2v) is 30.5. The molecule has 0 amide bonds. The Kier molecular flexibility index (Phi) is 24.9. The Hall–Kier alpha value is -16.0. The first-order valence-electron chi connectivity index (χ1n) is 41.4. The Bertz CT molecular complexity index is 5690. The molecule has 0 N–H and O–H groups in total. The second-order valence-electron chi connectivity index (χ2n) is 30.5. The SMILES string of the molecule is C#Cc1ccc(C(c2ccc(C#Cc3ccc(C(c4ccc(OC)cc4)(c4ccc(OC)cc4)c4ccc(OC)cc4)cc3)cc2)(c2ccc(C#Cc3ccc(C(c4ccc(OC)cc4)(c4ccc(OC)cc4)c4ccc(OC)cc4)cc3)cc2)c2ccc(C#Cc3ccc(C(c4ccc(OC)cc4)(c4ccc(OC)cc4)c4ccc(OC)cc4)cc3)cc2)cc1. The van der Waals surface area contributed by atoms with Crippen LogP contribution in [-0.4, -0.2) is 64.0 Å². The molecule has 0 radical (unpaired) electrons. The first kappa shape index (κ1) is 83.6. The van der Waals surface area contributed by atoms with Crippen LogP contribution in [0.4, 0.5) is 0 Å². The molecule has 16 aromatic rings. The number of terminal acetylenes is 1. The van der Waals surface area contributed by atoms with E-state index in [2.05, 4.69) is 308 Å². The van der Waals surface area contributed by atoms with Gasteiger partial charge in [-0.3, -0.25) is 0 Å². The lowest BCUT2D eigenvalue weighted by Gasteiger charge is -2.37. The van der Waals surface area contributed by atoms with Gasteiger partial charge >= 0.3 is 0 Å². The summed E-state index contributed by atoms with van der Waals surface area (Å²) in [5.74, 6) is 31.0. The van der Waals surface area contributed by atoms with Crippen LogP contribution in [0.5, 0.6) is 51.7 Å². The van der Waals surface area contributed by atoms with Gasteiger partial charge in [-0.1, -0.05) is 236 Å². The molecule has 9 heteroatoms. The number of ether oxygens (including phenoxy) is 9. The van der Waals surface area contributed by atoms with Crippen LogP contribution in [0.3, 0.4) is 0 Å². The van der Waals surface area contributed by atoms with Crippen molar-refractivity contribution in [3.8, 4) is 99.6 Å². The highest BCUT2D eigenvalue weighted by Crippen LogP contribution is 2.52. The topological polar surface area (TPSA) is 83.1 Å². The van der Waals surface area contributed by atoms with Crippen molar-refractivity contribution < 1.29 is 42.6 Å². The third-order valence-electron chi connectivity index (χ3n) is 24.2. The zero-order chi connectivity index (χ0) is 87.0. The van der Waals surface area contributed by atoms with Crippen LogP contribution in [0, 0.1) is 47.9 Å². The summed E-state index contributed by atoms with van der Waals surface area (Å²) < 4.78 is 51.2. The molecule has 16 rings (SSSR count). The predicted molar refractivity (Wildman–Crippen MR) is 504 cm³/mol. The minimum absolute atomic E-state index is 0.761. The van der Waals surface area contributed by atoms with Gasteiger partial charge in [-0.15, -0.1) is 6.42 Å². The largest absolute Gasteiger partial charge is 0.497 e. The van der Waals surface area contributed by atoms with E-state index < -0.39 is 21.7 Å². The Morgan fingerprint density at radius 1 is 0.135 bits per heavy atom. The fraction of sp³-hybridized carbons (Fsp3) is 0.111. The number of methoxy groups -OCH3 is 9. The van der Waals surface area contributed by atoms with Gasteiger partial charge in [0.1, 0.15) is 51.7 Å². The molecule has 0 aliphatic carbocycles. The molecule has 0 aliphatic rings. The molecule has 0 bridgehead atoms. The minimum Gasteiger partial charge on any atom is -0.497 e. The molecule has 16 aromatic carbocycles. The van der Waals surface area contributed by atoms with Crippen LogP contribution >= 0.6 is 0 Å². The normalized spacial score (nSPS) is 11.2. The Morgan fingerprint density at radius 3 is 0.310 bits per heavy atom. The van der Waals surface area contributed by atoms with Crippen LogP contribution < -0.4 is 42.6 Å². The maximum Gasteiger partial charge on any atom is 0.118 e. The van der Waals surface area contributed by atoms with Crippen LogP contribution in [-0.2, 0) is 21.7 Å². The minimum atomic E-state index is -0.934. The summed E-state index contributed by atoms with van der Waals surface area (Å²) in [4.78, 5) is 0. The summed E-state index contributed by atoms with van der Waals surface area (Å²) in [5.41, 5.74) is 19.1. The van der Waals surface area contributed by atoms with Crippen molar-refractivity contribution in [2.45, 2.75) is 21.7 Å². The van der Waals surface area contributed by atoms with Crippen LogP contribution in [0.25, 0.3) is 0 Å². The summed E-state index contributed by atoms with van der Waals surface area (Å²) >= 11 is 0. The standard InChI is InChI=1S/C117H92O9/c1-11-82-18-32-89(33-19-82)114(90-34-20-83(21-35-90)12-15-86-26-40-93(41-27-86)115(96-46-64-105(118-2)65-47-96,97-48-66-106(119-3)67-49-97)98-50-68-107(120-4)69-51-98,91-36-22-84(23-37-91)13-16-87-28-42-94(43-29-87)116(99-52-70-108(121-5)71-53-99,100-54-72-109(122-6)73-55-100)101-56-74-110(123-7)75-57-101)92-38-24-85(25-39-92)14-17-88-30-44-95(45-31-88)117(102-58-76-111(124-8)77-59-102,103-60-78-112(125-9)79-61-103)104-62-80-113(126-10)81-63-104/h1,18-81H,2-10H3. The lowest BCUT2D eigenvalue weighted by Crippen LogP contribution is -2.31. The molecule has 0 atom stereocenters. The van der Waals surface area contributed by atoms with Gasteiger partial charge < -0.3 is 42.6 Å². The van der Waals surface area contributed by atoms with Gasteiger partial charge in [0.05, 0.1) is 85.6 Å². The number of hydrogen-bond donors (Lipinski definition) is 0. The fourth-order valence-corrected chi connectivity index (χ4v) is 17.6. The molecular weight excluding hydrogens is 1550 g/mol. The summed E-state index contributed by atoms with van der Waals surface area (Å²) in [7, 11) is 15.2. The molecule has 0 saturated carbocycles. The van der Waals surface area contributed by atoms with Crippen LogP contribution in [0.1, 0.15) is 128 Å². The van der Waals surface area contributed by atoms with Crippen molar-refractivity contribution in [2.75, 3.05) is 64.0 Å². The van der Waals surface area contributed by atoms with Gasteiger partial charge in [-0.2, -0.15) is 0 Å². The number of benzene rings is 16. The summed E-state index contributed by atoms with van der Waals surface area (Å²) in [6.07, 6.45) is 6.16. The molecule has 0 unspecified atom stereocenters. The molecule has 614 valence electrons. The fourth-order valence-electron chi connectivity index (χ4n) is 17.6. The first-order valence-corrected chi connectivity index (χ1v) is 41.4.